The third-order valence-corrected chi connectivity index (χ3v) is 7.61. The molecule has 2 aromatic heterocycles. The smallest absolute Gasteiger partial charge is 0.251 e. The molecule has 1 fully saturated rings. The van der Waals surface area contributed by atoms with E-state index in [4.69, 9.17) is 0 Å². The van der Waals surface area contributed by atoms with E-state index in [-0.39, 0.29) is 11.7 Å². The van der Waals surface area contributed by atoms with Crippen LogP contribution in [0.1, 0.15) is 33.5 Å². The minimum Gasteiger partial charge on any atom is -0.348 e. The molecule has 2 aromatic carbocycles. The standard InChI is InChI=1S/C29H27FN4OS/c1-33-13-10-23(19-33)20-36-27-9-6-25(17-24(27)5-2-21-3-7-26(30)8-4-21)29(35)32-18-22-11-14-34-15-12-31-28(34)16-22/h3-4,6-9,11-12,14-17,23H,10,13,18-20H2,1H3,(H,32,35). The number of benzene rings is 2. The van der Waals surface area contributed by atoms with Gasteiger partial charge < -0.3 is 14.6 Å². The number of hydrogen-bond donors (Lipinski definition) is 1. The zero-order valence-corrected chi connectivity index (χ0v) is 20.9. The molecule has 1 atom stereocenters. The molecule has 1 amide bonds. The molecule has 5 rings (SSSR count). The third kappa shape index (κ3) is 5.96. The fourth-order valence-electron chi connectivity index (χ4n) is 4.28. The highest BCUT2D eigenvalue weighted by Crippen LogP contribution is 2.28. The van der Waals surface area contributed by atoms with Crippen molar-refractivity contribution in [1.29, 1.82) is 0 Å². The molecule has 3 heterocycles. The van der Waals surface area contributed by atoms with E-state index in [9.17, 15) is 9.18 Å². The fourth-order valence-corrected chi connectivity index (χ4v) is 5.40. The molecular weight excluding hydrogens is 471 g/mol. The van der Waals surface area contributed by atoms with Gasteiger partial charge in [-0.1, -0.05) is 11.8 Å². The normalized spacial score (nSPS) is 15.6. The zero-order valence-electron chi connectivity index (χ0n) is 20.1. The molecule has 0 bridgehead atoms. The Labute approximate surface area is 214 Å². The van der Waals surface area contributed by atoms with E-state index in [2.05, 4.69) is 34.1 Å². The number of rotatable bonds is 6. The molecule has 0 spiro atoms. The molecule has 1 N–H and O–H groups in total. The topological polar surface area (TPSA) is 49.6 Å². The Kier molecular flexibility index (Phi) is 7.36. The quantitative estimate of drug-likeness (QED) is 0.305. The lowest BCUT2D eigenvalue weighted by molar-refractivity contribution is 0.0951. The van der Waals surface area contributed by atoms with E-state index in [0.29, 0.717) is 18.0 Å². The molecule has 7 heteroatoms. The highest BCUT2D eigenvalue weighted by Gasteiger charge is 2.20. The third-order valence-electron chi connectivity index (χ3n) is 6.31. The number of imidazole rings is 1. The van der Waals surface area contributed by atoms with Crippen LogP contribution in [0.5, 0.6) is 0 Å². The first-order valence-electron chi connectivity index (χ1n) is 12.0. The summed E-state index contributed by atoms with van der Waals surface area (Å²) in [5, 5.41) is 3.00. The van der Waals surface area contributed by atoms with E-state index in [0.717, 1.165) is 46.1 Å². The Hall–Kier alpha value is -3.60. The summed E-state index contributed by atoms with van der Waals surface area (Å²) in [7, 11) is 2.16. The number of nitrogens with zero attached hydrogens (tertiary/aromatic N) is 3. The van der Waals surface area contributed by atoms with Gasteiger partial charge in [0.25, 0.3) is 5.91 Å². The number of likely N-dealkylation sites (tertiary alicyclic amines) is 1. The number of carbonyl (C=O) groups is 1. The van der Waals surface area contributed by atoms with Gasteiger partial charge >= 0.3 is 0 Å². The first-order chi connectivity index (χ1) is 17.5. The van der Waals surface area contributed by atoms with Crippen molar-refractivity contribution in [1.82, 2.24) is 19.6 Å². The predicted molar refractivity (Wildman–Crippen MR) is 142 cm³/mol. The maximum absolute atomic E-state index is 13.3. The Bertz CT molecular complexity index is 1440. The van der Waals surface area contributed by atoms with E-state index in [1.165, 1.54) is 18.6 Å². The summed E-state index contributed by atoms with van der Waals surface area (Å²) in [5.41, 5.74) is 3.92. The number of amides is 1. The Morgan fingerprint density at radius 3 is 2.81 bits per heavy atom. The van der Waals surface area contributed by atoms with Crippen LogP contribution in [0.3, 0.4) is 0 Å². The van der Waals surface area contributed by atoms with Gasteiger partial charge in [0, 0.05) is 59.0 Å². The second kappa shape index (κ2) is 11.0. The first-order valence-corrected chi connectivity index (χ1v) is 12.9. The second-order valence-corrected chi connectivity index (χ2v) is 10.2. The monoisotopic (exact) mass is 498 g/mol. The molecule has 5 nitrogen and oxygen atoms in total. The van der Waals surface area contributed by atoms with Crippen LogP contribution in [0, 0.1) is 23.6 Å². The van der Waals surface area contributed by atoms with E-state index < -0.39 is 0 Å². The van der Waals surface area contributed by atoms with Gasteiger partial charge in [-0.25, -0.2) is 9.37 Å². The highest BCUT2D eigenvalue weighted by atomic mass is 32.2. The molecule has 182 valence electrons. The summed E-state index contributed by atoms with van der Waals surface area (Å²) in [4.78, 5) is 20.7. The van der Waals surface area contributed by atoms with Crippen LogP contribution in [-0.4, -0.2) is 46.1 Å². The predicted octanol–water partition coefficient (Wildman–Crippen LogP) is 4.85. The van der Waals surface area contributed by atoms with E-state index in [1.54, 1.807) is 30.1 Å². The molecular formula is C29H27FN4OS. The van der Waals surface area contributed by atoms with Crippen LogP contribution in [-0.2, 0) is 6.54 Å². The van der Waals surface area contributed by atoms with Crippen LogP contribution in [0.25, 0.3) is 5.65 Å². The van der Waals surface area contributed by atoms with Crippen LogP contribution in [0.15, 0.2) is 78.1 Å². The number of fused-ring (bicyclic) bond motifs is 1. The zero-order chi connectivity index (χ0) is 24.9. The average Bonchev–Trinajstić information content (AvgIpc) is 3.54. The minimum absolute atomic E-state index is 0.156. The number of pyridine rings is 1. The van der Waals surface area contributed by atoms with E-state index in [1.807, 2.05) is 47.1 Å². The van der Waals surface area contributed by atoms with Crippen LogP contribution in [0.2, 0.25) is 0 Å². The largest absolute Gasteiger partial charge is 0.348 e. The molecule has 4 aromatic rings. The lowest BCUT2D eigenvalue weighted by Gasteiger charge is -2.12. The van der Waals surface area contributed by atoms with Crippen molar-refractivity contribution < 1.29 is 9.18 Å². The van der Waals surface area contributed by atoms with Crippen LogP contribution >= 0.6 is 11.8 Å². The summed E-state index contributed by atoms with van der Waals surface area (Å²) in [5.74, 6) is 7.56. The second-order valence-electron chi connectivity index (χ2n) is 9.11. The number of thioether (sulfide) groups is 1. The summed E-state index contributed by atoms with van der Waals surface area (Å²) in [6, 6.07) is 15.8. The van der Waals surface area contributed by atoms with Gasteiger partial charge in [-0.15, -0.1) is 11.8 Å². The molecule has 36 heavy (non-hydrogen) atoms. The number of nitrogens with one attached hydrogen (secondary N) is 1. The molecule has 1 saturated heterocycles. The van der Waals surface area contributed by atoms with Crippen LogP contribution < -0.4 is 5.32 Å². The lowest BCUT2D eigenvalue weighted by atomic mass is 10.1. The average molecular weight is 499 g/mol. The van der Waals surface area contributed by atoms with Gasteiger partial charge in [0.15, 0.2) is 0 Å². The molecule has 1 aliphatic rings. The first kappa shape index (κ1) is 24.1. The van der Waals surface area contributed by atoms with Crippen molar-refractivity contribution in [2.75, 3.05) is 25.9 Å². The van der Waals surface area contributed by atoms with Gasteiger partial charge in [0.05, 0.1) is 0 Å². The molecule has 1 unspecified atom stereocenters. The Balaban J connectivity index is 1.33. The van der Waals surface area contributed by atoms with Crippen molar-refractivity contribution in [3.8, 4) is 11.8 Å². The molecule has 0 aliphatic carbocycles. The van der Waals surface area contributed by atoms with E-state index >= 15 is 0 Å². The summed E-state index contributed by atoms with van der Waals surface area (Å²) in [6.07, 6.45) is 6.76. The van der Waals surface area contributed by atoms with Crippen molar-refractivity contribution in [2.45, 2.75) is 17.9 Å². The number of aromatic nitrogens is 2. The van der Waals surface area contributed by atoms with Crippen molar-refractivity contribution >= 4 is 23.3 Å². The van der Waals surface area contributed by atoms with Gasteiger partial charge in [-0.2, -0.15) is 0 Å². The minimum atomic E-state index is -0.288. The van der Waals surface area contributed by atoms with Gasteiger partial charge in [-0.3, -0.25) is 4.79 Å². The summed E-state index contributed by atoms with van der Waals surface area (Å²) in [6.45, 7) is 2.65. The summed E-state index contributed by atoms with van der Waals surface area (Å²) >= 11 is 1.79. The molecule has 1 aliphatic heterocycles. The maximum atomic E-state index is 13.3. The molecule has 0 saturated carbocycles. The highest BCUT2D eigenvalue weighted by molar-refractivity contribution is 7.99. The summed E-state index contributed by atoms with van der Waals surface area (Å²) < 4.78 is 15.2. The SMILES string of the molecule is CN1CCC(CSc2ccc(C(=O)NCc3ccn4ccnc4c3)cc2C#Cc2ccc(F)cc2)C1. The maximum Gasteiger partial charge on any atom is 0.251 e. The van der Waals surface area contributed by atoms with Crippen LogP contribution in [0.4, 0.5) is 4.39 Å². The number of carbonyl (C=O) groups excluding carboxylic acids is 1. The fraction of sp³-hybridized carbons (Fsp3) is 0.241. The molecule has 0 radical (unpaired) electrons. The van der Waals surface area contributed by atoms with Crippen molar-refractivity contribution in [3.05, 3.63) is 101 Å². The van der Waals surface area contributed by atoms with Gasteiger partial charge in [-0.05, 0) is 86.1 Å². The lowest BCUT2D eigenvalue weighted by Crippen LogP contribution is -2.23. The Morgan fingerprint density at radius 2 is 2.00 bits per heavy atom. The van der Waals surface area contributed by atoms with Gasteiger partial charge in [0.1, 0.15) is 11.5 Å². The van der Waals surface area contributed by atoms with Crippen molar-refractivity contribution in [3.63, 3.8) is 0 Å². The van der Waals surface area contributed by atoms with Gasteiger partial charge in [0.2, 0.25) is 0 Å². The number of hydrogen-bond acceptors (Lipinski definition) is 4. The van der Waals surface area contributed by atoms with Crippen molar-refractivity contribution in [2.24, 2.45) is 5.92 Å². The number of halogens is 1. The Morgan fingerprint density at radius 1 is 1.14 bits per heavy atom.